The number of hydrogen-bond donors (Lipinski definition) is 4. The molecule has 0 saturated heterocycles. The van der Waals surface area contributed by atoms with E-state index in [0.717, 1.165) is 52.1 Å². The molecule has 0 saturated carbocycles. The minimum atomic E-state index is 0. The van der Waals surface area contributed by atoms with Gasteiger partial charge in [0.2, 0.25) is 0 Å². The highest BCUT2D eigenvalue weighted by Crippen LogP contribution is 1.84. The predicted molar refractivity (Wildman–Crippen MR) is 104 cm³/mol. The van der Waals surface area contributed by atoms with Crippen LogP contribution in [0.4, 0.5) is 0 Å². The van der Waals surface area contributed by atoms with Crippen molar-refractivity contribution in [3.8, 4) is 0 Å². The standard InChI is InChI=1S/C10H26N4.4BrH/c11-5-3-9-13-7-1-2-8-14-10-4-6-12;;;;/h13-14H,1-12H2;4*1H. The molecule has 0 spiro atoms. The lowest BCUT2D eigenvalue weighted by atomic mass is 10.3. The summed E-state index contributed by atoms with van der Waals surface area (Å²) < 4.78 is 0. The third-order valence-corrected chi connectivity index (χ3v) is 2.07. The van der Waals surface area contributed by atoms with E-state index in [1.54, 1.807) is 0 Å². The molecule has 0 aromatic carbocycles. The first kappa shape index (κ1) is 31.9. The van der Waals surface area contributed by atoms with Gasteiger partial charge in [0.05, 0.1) is 0 Å². The fourth-order valence-corrected chi connectivity index (χ4v) is 1.20. The van der Waals surface area contributed by atoms with Crippen molar-refractivity contribution < 1.29 is 0 Å². The lowest BCUT2D eigenvalue weighted by Crippen LogP contribution is -2.22. The smallest absolute Gasteiger partial charge is 0.00369 e. The average molecular weight is 526 g/mol. The minimum Gasteiger partial charge on any atom is -0.330 e. The van der Waals surface area contributed by atoms with Crippen molar-refractivity contribution in [2.24, 2.45) is 11.5 Å². The van der Waals surface area contributed by atoms with E-state index >= 15 is 0 Å². The molecular weight excluding hydrogens is 496 g/mol. The molecule has 0 radical (unpaired) electrons. The van der Waals surface area contributed by atoms with Crippen LogP contribution in [-0.4, -0.2) is 39.3 Å². The fourth-order valence-electron chi connectivity index (χ4n) is 1.20. The molecule has 0 aliphatic rings. The van der Waals surface area contributed by atoms with Gasteiger partial charge < -0.3 is 22.1 Å². The maximum atomic E-state index is 5.38. The zero-order valence-electron chi connectivity index (χ0n) is 10.9. The van der Waals surface area contributed by atoms with E-state index < -0.39 is 0 Å². The summed E-state index contributed by atoms with van der Waals surface area (Å²) >= 11 is 0. The summed E-state index contributed by atoms with van der Waals surface area (Å²) in [6.07, 6.45) is 4.63. The van der Waals surface area contributed by atoms with E-state index in [0.29, 0.717) is 0 Å². The van der Waals surface area contributed by atoms with E-state index in [9.17, 15) is 0 Å². The molecule has 0 aromatic rings. The van der Waals surface area contributed by atoms with Crippen molar-refractivity contribution in [3.63, 3.8) is 0 Å². The van der Waals surface area contributed by atoms with Crippen LogP contribution in [0.15, 0.2) is 0 Å². The number of nitrogens with one attached hydrogen (secondary N) is 2. The second-order valence-corrected chi connectivity index (χ2v) is 3.49. The minimum absolute atomic E-state index is 0. The molecule has 0 amide bonds. The van der Waals surface area contributed by atoms with Crippen LogP contribution in [0.25, 0.3) is 0 Å². The SMILES string of the molecule is Br.Br.Br.Br.NCCCNCCCCNCCCN. The predicted octanol–water partition coefficient (Wildman–Crippen LogP) is 1.95. The Morgan fingerprint density at radius 1 is 0.500 bits per heavy atom. The number of nitrogens with two attached hydrogens (primary N) is 2. The maximum Gasteiger partial charge on any atom is -0.00369 e. The average Bonchev–Trinajstić information content (AvgIpc) is 2.21. The van der Waals surface area contributed by atoms with Crippen LogP contribution >= 0.6 is 67.9 Å². The number of unbranched alkanes of at least 4 members (excludes halogenated alkanes) is 1. The summed E-state index contributed by atoms with van der Waals surface area (Å²) in [6.45, 7) is 5.90. The molecule has 18 heavy (non-hydrogen) atoms. The van der Waals surface area contributed by atoms with Gasteiger partial charge in [-0.25, -0.2) is 0 Å². The topological polar surface area (TPSA) is 76.1 Å². The fraction of sp³-hybridized carbons (Fsp3) is 1.00. The van der Waals surface area contributed by atoms with Gasteiger partial charge in [-0.3, -0.25) is 0 Å². The first-order valence-electron chi connectivity index (χ1n) is 5.73. The molecule has 0 heterocycles. The van der Waals surface area contributed by atoms with Crippen LogP contribution in [0.5, 0.6) is 0 Å². The van der Waals surface area contributed by atoms with Crippen molar-refractivity contribution in [1.29, 1.82) is 0 Å². The zero-order valence-corrected chi connectivity index (χ0v) is 17.7. The van der Waals surface area contributed by atoms with E-state index in [1.165, 1.54) is 12.8 Å². The number of rotatable bonds is 11. The monoisotopic (exact) mass is 522 g/mol. The Morgan fingerprint density at radius 2 is 0.778 bits per heavy atom. The van der Waals surface area contributed by atoms with Crippen LogP contribution in [0.1, 0.15) is 25.7 Å². The molecule has 0 atom stereocenters. The Kier molecular flexibility index (Phi) is 55.4. The molecular formula is C10H30Br4N4. The van der Waals surface area contributed by atoms with Crippen molar-refractivity contribution in [3.05, 3.63) is 0 Å². The van der Waals surface area contributed by atoms with Gasteiger partial charge in [-0.1, -0.05) is 0 Å². The molecule has 0 aliphatic carbocycles. The maximum absolute atomic E-state index is 5.38. The third kappa shape index (κ3) is 30.6. The van der Waals surface area contributed by atoms with Gasteiger partial charge in [-0.05, 0) is 65.0 Å². The second kappa shape index (κ2) is 31.3. The van der Waals surface area contributed by atoms with Gasteiger partial charge in [0.1, 0.15) is 0 Å². The summed E-state index contributed by atoms with van der Waals surface area (Å²) in [5.41, 5.74) is 10.8. The summed E-state index contributed by atoms with van der Waals surface area (Å²) in [7, 11) is 0. The summed E-state index contributed by atoms with van der Waals surface area (Å²) in [4.78, 5) is 0. The van der Waals surface area contributed by atoms with Crippen LogP contribution in [0.3, 0.4) is 0 Å². The molecule has 0 bridgehead atoms. The largest absolute Gasteiger partial charge is 0.330 e. The lowest BCUT2D eigenvalue weighted by molar-refractivity contribution is 0.570. The van der Waals surface area contributed by atoms with Gasteiger partial charge in [0, 0.05) is 0 Å². The van der Waals surface area contributed by atoms with E-state index in [-0.39, 0.29) is 67.9 Å². The molecule has 6 N–H and O–H groups in total. The van der Waals surface area contributed by atoms with Gasteiger partial charge in [-0.2, -0.15) is 0 Å². The Balaban J connectivity index is -0.000000141. The van der Waals surface area contributed by atoms with Crippen LogP contribution in [-0.2, 0) is 0 Å². The zero-order chi connectivity index (χ0) is 10.5. The first-order valence-corrected chi connectivity index (χ1v) is 5.73. The quantitative estimate of drug-likeness (QED) is 0.311. The van der Waals surface area contributed by atoms with Gasteiger partial charge in [0.25, 0.3) is 0 Å². The van der Waals surface area contributed by atoms with Crippen molar-refractivity contribution in [1.82, 2.24) is 10.6 Å². The number of halogens is 4. The molecule has 0 aliphatic heterocycles. The van der Waals surface area contributed by atoms with E-state index in [4.69, 9.17) is 11.5 Å². The van der Waals surface area contributed by atoms with E-state index in [2.05, 4.69) is 10.6 Å². The van der Waals surface area contributed by atoms with Gasteiger partial charge in [-0.15, -0.1) is 67.9 Å². The third-order valence-electron chi connectivity index (χ3n) is 2.07. The second-order valence-electron chi connectivity index (χ2n) is 3.49. The van der Waals surface area contributed by atoms with E-state index in [1.807, 2.05) is 0 Å². The Labute approximate surface area is 154 Å². The Hall–Kier alpha value is 1.76. The van der Waals surface area contributed by atoms with Crippen molar-refractivity contribution in [2.75, 3.05) is 39.3 Å². The molecule has 0 aromatic heterocycles. The first-order chi connectivity index (χ1) is 6.91. The summed E-state index contributed by atoms with van der Waals surface area (Å²) in [5.74, 6) is 0. The van der Waals surface area contributed by atoms with Gasteiger partial charge >= 0.3 is 0 Å². The Morgan fingerprint density at radius 3 is 1.06 bits per heavy atom. The van der Waals surface area contributed by atoms with Crippen molar-refractivity contribution in [2.45, 2.75) is 25.7 Å². The molecule has 8 heteroatoms. The highest BCUT2D eigenvalue weighted by atomic mass is 79.9. The highest BCUT2D eigenvalue weighted by molar-refractivity contribution is 8.93. The molecule has 0 fully saturated rings. The molecule has 0 unspecified atom stereocenters. The normalized spacial score (nSPS) is 8.33. The Bertz CT molecular complexity index is 99.9. The molecule has 0 rings (SSSR count). The lowest BCUT2D eigenvalue weighted by Gasteiger charge is -2.04. The summed E-state index contributed by atoms with van der Waals surface area (Å²) in [5, 5.41) is 6.72. The molecule has 4 nitrogen and oxygen atoms in total. The van der Waals surface area contributed by atoms with Crippen LogP contribution in [0.2, 0.25) is 0 Å². The van der Waals surface area contributed by atoms with Gasteiger partial charge in [0.15, 0.2) is 0 Å². The van der Waals surface area contributed by atoms with Crippen molar-refractivity contribution >= 4 is 67.9 Å². The summed E-state index contributed by atoms with van der Waals surface area (Å²) in [6, 6.07) is 0. The molecule has 118 valence electrons. The van der Waals surface area contributed by atoms with Crippen LogP contribution < -0.4 is 22.1 Å². The highest BCUT2D eigenvalue weighted by Gasteiger charge is 1.89. The van der Waals surface area contributed by atoms with Crippen LogP contribution in [0, 0.1) is 0 Å². The number of hydrogen-bond acceptors (Lipinski definition) is 4.